The van der Waals surface area contributed by atoms with Crippen molar-refractivity contribution in [1.29, 1.82) is 0 Å². The Morgan fingerprint density at radius 1 is 1.60 bits per heavy atom. The van der Waals surface area contributed by atoms with Crippen LogP contribution in [0.25, 0.3) is 0 Å². The number of hydrogen-bond acceptors (Lipinski definition) is 4. The third-order valence-electron chi connectivity index (χ3n) is 3.14. The minimum absolute atomic E-state index is 0.0138. The molecular formula is C10H17N3O2. The molecule has 0 aromatic rings. The largest absolute Gasteiger partial charge is 0.314 e. The molecule has 2 saturated heterocycles. The minimum Gasteiger partial charge on any atom is -0.314 e. The van der Waals surface area contributed by atoms with Gasteiger partial charge in [0.05, 0.1) is 6.54 Å². The van der Waals surface area contributed by atoms with Crippen LogP contribution < -0.4 is 5.32 Å². The molecule has 1 N–H and O–H groups in total. The number of carbonyl (C=O) groups is 2. The molecule has 0 radical (unpaired) electrons. The summed E-state index contributed by atoms with van der Waals surface area (Å²) >= 11 is 0. The topological polar surface area (TPSA) is 52.7 Å². The Balaban J connectivity index is 1.82. The lowest BCUT2D eigenvalue weighted by Gasteiger charge is -2.35. The van der Waals surface area contributed by atoms with Crippen LogP contribution in [0.3, 0.4) is 0 Å². The highest BCUT2D eigenvalue weighted by Gasteiger charge is 2.29. The second-order valence-electron chi connectivity index (χ2n) is 4.27. The van der Waals surface area contributed by atoms with Gasteiger partial charge in [-0.1, -0.05) is 0 Å². The molecule has 0 atom stereocenters. The van der Waals surface area contributed by atoms with Gasteiger partial charge in [0.2, 0.25) is 11.8 Å². The van der Waals surface area contributed by atoms with Gasteiger partial charge in [0.25, 0.3) is 0 Å². The number of imide groups is 1. The zero-order valence-electron chi connectivity index (χ0n) is 9.03. The standard InChI is InChI=1S/C10H17N3O2/c1-12(8-5-11-6-8)7-10(15)13-4-2-3-9(13)14/h8,11H,2-7H2,1H3. The molecule has 2 aliphatic heterocycles. The first-order chi connectivity index (χ1) is 7.18. The number of hydrogen-bond donors (Lipinski definition) is 1. The van der Waals surface area contributed by atoms with Gasteiger partial charge in [-0.2, -0.15) is 0 Å². The summed E-state index contributed by atoms with van der Waals surface area (Å²) in [5.74, 6) is -0.0629. The van der Waals surface area contributed by atoms with Crippen molar-refractivity contribution in [2.24, 2.45) is 0 Å². The molecule has 0 aliphatic carbocycles. The number of carbonyl (C=O) groups excluding carboxylic acids is 2. The fourth-order valence-corrected chi connectivity index (χ4v) is 1.92. The third-order valence-corrected chi connectivity index (χ3v) is 3.14. The van der Waals surface area contributed by atoms with Gasteiger partial charge in [-0.05, 0) is 13.5 Å². The molecule has 2 fully saturated rings. The van der Waals surface area contributed by atoms with Crippen molar-refractivity contribution in [3.8, 4) is 0 Å². The number of rotatable bonds is 3. The van der Waals surface area contributed by atoms with Gasteiger partial charge in [-0.3, -0.25) is 19.4 Å². The highest BCUT2D eigenvalue weighted by molar-refractivity contribution is 5.97. The smallest absolute Gasteiger partial charge is 0.243 e. The van der Waals surface area contributed by atoms with Crippen LogP contribution in [-0.2, 0) is 9.59 Å². The molecule has 5 heteroatoms. The summed E-state index contributed by atoms with van der Waals surface area (Å²) < 4.78 is 0. The van der Waals surface area contributed by atoms with E-state index in [4.69, 9.17) is 0 Å². The minimum atomic E-state index is -0.0492. The summed E-state index contributed by atoms with van der Waals surface area (Å²) in [5.41, 5.74) is 0. The number of amides is 2. The molecule has 15 heavy (non-hydrogen) atoms. The zero-order valence-corrected chi connectivity index (χ0v) is 9.03. The van der Waals surface area contributed by atoms with Crippen molar-refractivity contribution in [3.05, 3.63) is 0 Å². The maximum absolute atomic E-state index is 11.8. The Labute approximate surface area is 89.4 Å². The summed E-state index contributed by atoms with van der Waals surface area (Å²) in [6.45, 7) is 2.85. The lowest BCUT2D eigenvalue weighted by molar-refractivity contribution is -0.142. The first-order valence-corrected chi connectivity index (χ1v) is 5.42. The first-order valence-electron chi connectivity index (χ1n) is 5.42. The Morgan fingerprint density at radius 2 is 2.33 bits per heavy atom. The van der Waals surface area contributed by atoms with E-state index >= 15 is 0 Å². The summed E-state index contributed by atoms with van der Waals surface area (Å²) in [5, 5.41) is 3.16. The van der Waals surface area contributed by atoms with Gasteiger partial charge in [-0.15, -0.1) is 0 Å². The van der Waals surface area contributed by atoms with E-state index in [9.17, 15) is 9.59 Å². The molecule has 0 unspecified atom stereocenters. The van der Waals surface area contributed by atoms with Crippen molar-refractivity contribution < 1.29 is 9.59 Å². The lowest BCUT2D eigenvalue weighted by Crippen LogP contribution is -2.57. The maximum Gasteiger partial charge on any atom is 0.243 e. The monoisotopic (exact) mass is 211 g/mol. The predicted molar refractivity (Wildman–Crippen MR) is 55.2 cm³/mol. The van der Waals surface area contributed by atoms with Crippen LogP contribution in [0.5, 0.6) is 0 Å². The van der Waals surface area contributed by atoms with Crippen LogP contribution in [0.15, 0.2) is 0 Å². The zero-order chi connectivity index (χ0) is 10.8. The van der Waals surface area contributed by atoms with Crippen LogP contribution in [0.2, 0.25) is 0 Å². The van der Waals surface area contributed by atoms with Gasteiger partial charge in [0.1, 0.15) is 0 Å². The van der Waals surface area contributed by atoms with Gasteiger partial charge < -0.3 is 5.32 Å². The van der Waals surface area contributed by atoms with E-state index in [1.54, 1.807) is 0 Å². The van der Waals surface area contributed by atoms with Crippen molar-refractivity contribution >= 4 is 11.8 Å². The van der Waals surface area contributed by atoms with Gasteiger partial charge in [-0.25, -0.2) is 0 Å². The van der Waals surface area contributed by atoms with E-state index in [0.717, 1.165) is 19.5 Å². The molecule has 84 valence electrons. The fraction of sp³-hybridized carbons (Fsp3) is 0.800. The van der Waals surface area contributed by atoms with Crippen LogP contribution in [0, 0.1) is 0 Å². The normalized spacial score (nSPS) is 22.3. The van der Waals surface area contributed by atoms with Gasteiger partial charge >= 0.3 is 0 Å². The predicted octanol–water partition coefficient (Wildman–Crippen LogP) is -0.961. The lowest BCUT2D eigenvalue weighted by atomic mass is 10.1. The fourth-order valence-electron chi connectivity index (χ4n) is 1.92. The second kappa shape index (κ2) is 4.28. The summed E-state index contributed by atoms with van der Waals surface area (Å²) in [6.07, 6.45) is 1.35. The molecule has 5 nitrogen and oxygen atoms in total. The molecule has 2 aliphatic rings. The van der Waals surface area contributed by atoms with Gasteiger partial charge in [0, 0.05) is 32.1 Å². The van der Waals surface area contributed by atoms with E-state index in [1.165, 1.54) is 4.90 Å². The van der Waals surface area contributed by atoms with Crippen LogP contribution in [0.4, 0.5) is 0 Å². The summed E-state index contributed by atoms with van der Waals surface area (Å²) in [7, 11) is 1.93. The average molecular weight is 211 g/mol. The second-order valence-corrected chi connectivity index (χ2v) is 4.27. The number of nitrogens with zero attached hydrogens (tertiary/aromatic N) is 2. The van der Waals surface area contributed by atoms with Crippen molar-refractivity contribution in [2.75, 3.05) is 33.2 Å². The molecule has 2 heterocycles. The maximum atomic E-state index is 11.8. The molecule has 0 aromatic carbocycles. The molecular weight excluding hydrogens is 194 g/mol. The number of nitrogens with one attached hydrogen (secondary N) is 1. The van der Waals surface area contributed by atoms with Crippen LogP contribution >= 0.6 is 0 Å². The highest BCUT2D eigenvalue weighted by Crippen LogP contribution is 2.11. The van der Waals surface area contributed by atoms with Crippen LogP contribution in [-0.4, -0.2) is 60.9 Å². The highest BCUT2D eigenvalue weighted by atomic mass is 16.2. The van der Waals surface area contributed by atoms with Crippen molar-refractivity contribution in [2.45, 2.75) is 18.9 Å². The summed E-state index contributed by atoms with van der Waals surface area (Å²) in [4.78, 5) is 26.5. The van der Waals surface area contributed by atoms with E-state index in [-0.39, 0.29) is 11.8 Å². The van der Waals surface area contributed by atoms with E-state index < -0.39 is 0 Å². The van der Waals surface area contributed by atoms with Crippen molar-refractivity contribution in [3.63, 3.8) is 0 Å². The van der Waals surface area contributed by atoms with E-state index in [1.807, 2.05) is 11.9 Å². The molecule has 2 amide bonds. The SMILES string of the molecule is CN(CC(=O)N1CCCC1=O)C1CNC1. The first kappa shape index (κ1) is 10.6. The Bertz CT molecular complexity index is 276. The van der Waals surface area contributed by atoms with E-state index in [0.29, 0.717) is 25.6 Å². The Morgan fingerprint density at radius 3 is 2.80 bits per heavy atom. The quantitative estimate of drug-likeness (QED) is 0.653. The van der Waals surface area contributed by atoms with E-state index in [2.05, 4.69) is 5.32 Å². The average Bonchev–Trinajstić information content (AvgIpc) is 2.47. The summed E-state index contributed by atoms with van der Waals surface area (Å²) in [6, 6.07) is 0.451. The Kier molecular flexibility index (Phi) is 3.02. The van der Waals surface area contributed by atoms with Gasteiger partial charge in [0.15, 0.2) is 0 Å². The number of likely N-dealkylation sites (N-methyl/N-ethyl adjacent to an activating group) is 1. The number of likely N-dealkylation sites (tertiary alicyclic amines) is 1. The molecule has 0 bridgehead atoms. The van der Waals surface area contributed by atoms with Crippen LogP contribution in [0.1, 0.15) is 12.8 Å². The molecule has 0 saturated carbocycles. The molecule has 0 aromatic heterocycles. The molecule has 0 spiro atoms. The Hall–Kier alpha value is -0.940. The van der Waals surface area contributed by atoms with Crippen molar-refractivity contribution in [1.82, 2.24) is 15.1 Å². The molecule has 2 rings (SSSR count). The third kappa shape index (κ3) is 2.18.